The van der Waals surface area contributed by atoms with Gasteiger partial charge in [-0.25, -0.2) is 13.6 Å². The average molecular weight is 352 g/mol. The highest BCUT2D eigenvalue weighted by Crippen LogP contribution is 2.38. The van der Waals surface area contributed by atoms with Crippen molar-refractivity contribution in [3.05, 3.63) is 35.3 Å². The van der Waals surface area contributed by atoms with E-state index in [0.29, 0.717) is 12.1 Å². The highest BCUT2D eigenvalue weighted by molar-refractivity contribution is 7.89. The molecule has 0 aromatic heterocycles. The Hall–Kier alpha value is -1.19. The molecule has 0 amide bonds. The standard InChI is InChI=1S/C16H25BN2O4S/c1-15(2)16(3,4)23-17(22-15)13(11-19-5)10-12-8-6-7-9-14(12)24(18,20)21/h6-10,19H,11H2,1-5H3,(H2,18,20,21). The van der Waals surface area contributed by atoms with Crippen molar-refractivity contribution in [3.8, 4) is 0 Å². The summed E-state index contributed by atoms with van der Waals surface area (Å²) >= 11 is 0. The molecule has 0 atom stereocenters. The van der Waals surface area contributed by atoms with Crippen LogP contribution in [0.25, 0.3) is 6.08 Å². The summed E-state index contributed by atoms with van der Waals surface area (Å²) in [6.45, 7) is 8.39. The van der Waals surface area contributed by atoms with Gasteiger partial charge in [0.05, 0.1) is 16.1 Å². The zero-order valence-corrected chi connectivity index (χ0v) is 15.6. The lowest BCUT2D eigenvalue weighted by atomic mass is 9.77. The van der Waals surface area contributed by atoms with E-state index in [4.69, 9.17) is 14.4 Å². The molecular weight excluding hydrogens is 327 g/mol. The molecule has 0 saturated carbocycles. The Balaban J connectivity index is 2.45. The van der Waals surface area contributed by atoms with Crippen LogP contribution in [0.1, 0.15) is 33.3 Å². The first-order valence-electron chi connectivity index (χ1n) is 7.80. The molecule has 1 aliphatic rings. The molecule has 8 heteroatoms. The summed E-state index contributed by atoms with van der Waals surface area (Å²) in [5.74, 6) is 0. The first-order chi connectivity index (χ1) is 11.0. The molecule has 6 nitrogen and oxygen atoms in total. The van der Waals surface area contributed by atoms with Gasteiger partial charge in [0.25, 0.3) is 0 Å². The van der Waals surface area contributed by atoms with E-state index in [0.717, 1.165) is 5.47 Å². The van der Waals surface area contributed by atoms with Crippen LogP contribution < -0.4 is 10.5 Å². The van der Waals surface area contributed by atoms with Gasteiger partial charge in [-0.05, 0) is 51.8 Å². The summed E-state index contributed by atoms with van der Waals surface area (Å²) in [6.07, 6.45) is 1.76. The quantitative estimate of drug-likeness (QED) is 0.785. The Labute approximate surface area is 144 Å². The maximum atomic E-state index is 11.8. The van der Waals surface area contributed by atoms with E-state index in [-0.39, 0.29) is 4.90 Å². The number of nitrogens with one attached hydrogen (secondary N) is 1. The van der Waals surface area contributed by atoms with Crippen LogP contribution in [0.4, 0.5) is 0 Å². The molecule has 1 aromatic rings. The molecule has 3 N–H and O–H groups in total. The second kappa shape index (κ2) is 6.61. The van der Waals surface area contributed by atoms with Crippen LogP contribution >= 0.6 is 0 Å². The lowest BCUT2D eigenvalue weighted by Crippen LogP contribution is -2.41. The molecule has 1 aromatic carbocycles. The third kappa shape index (κ3) is 3.89. The Morgan fingerprint density at radius 3 is 2.25 bits per heavy atom. The van der Waals surface area contributed by atoms with E-state index in [1.165, 1.54) is 6.07 Å². The zero-order chi connectivity index (χ0) is 18.2. The normalized spacial score (nSPS) is 20.4. The fourth-order valence-electron chi connectivity index (χ4n) is 2.46. The number of likely N-dealkylation sites (N-methyl/N-ethyl adjacent to an activating group) is 1. The fourth-order valence-corrected chi connectivity index (χ4v) is 3.18. The SMILES string of the molecule is CNCC(=Cc1ccccc1S(N)(=O)=O)B1OC(C)(C)C(C)(C)O1. The van der Waals surface area contributed by atoms with E-state index in [9.17, 15) is 8.42 Å². The van der Waals surface area contributed by atoms with Crippen LogP contribution in [-0.2, 0) is 19.3 Å². The third-order valence-corrected chi connectivity index (χ3v) is 5.49. The van der Waals surface area contributed by atoms with Gasteiger partial charge in [-0.15, -0.1) is 0 Å². The Kier molecular flexibility index (Phi) is 5.27. The molecule has 1 aliphatic heterocycles. The molecule has 0 unspecified atom stereocenters. The van der Waals surface area contributed by atoms with Crippen LogP contribution in [0.5, 0.6) is 0 Å². The minimum Gasteiger partial charge on any atom is -0.400 e. The van der Waals surface area contributed by atoms with Crippen LogP contribution in [0.2, 0.25) is 0 Å². The van der Waals surface area contributed by atoms with Gasteiger partial charge in [-0.1, -0.05) is 24.3 Å². The van der Waals surface area contributed by atoms with Crippen LogP contribution in [0, 0.1) is 0 Å². The minimum absolute atomic E-state index is 0.0788. The lowest BCUT2D eigenvalue weighted by molar-refractivity contribution is 0.00578. The third-order valence-electron chi connectivity index (χ3n) is 4.50. The van der Waals surface area contributed by atoms with E-state index in [1.807, 2.05) is 34.7 Å². The number of hydrogen-bond donors (Lipinski definition) is 2. The molecule has 0 aliphatic carbocycles. The second-order valence-corrected chi connectivity index (χ2v) is 8.45. The summed E-state index contributed by atoms with van der Waals surface area (Å²) in [5, 5.41) is 8.38. The van der Waals surface area contributed by atoms with Crippen molar-refractivity contribution in [1.82, 2.24) is 5.32 Å². The molecule has 1 fully saturated rings. The largest absolute Gasteiger partial charge is 0.491 e. The van der Waals surface area contributed by atoms with Crippen LogP contribution in [-0.4, -0.2) is 40.3 Å². The first-order valence-corrected chi connectivity index (χ1v) is 9.35. The van der Waals surface area contributed by atoms with Crippen molar-refractivity contribution >= 4 is 23.2 Å². The van der Waals surface area contributed by atoms with Crippen LogP contribution in [0.3, 0.4) is 0 Å². The molecule has 132 valence electrons. The van der Waals surface area contributed by atoms with Crippen molar-refractivity contribution in [2.45, 2.75) is 43.8 Å². The molecule has 2 rings (SSSR count). The number of sulfonamides is 1. The maximum absolute atomic E-state index is 11.8. The Bertz CT molecular complexity index is 728. The fraction of sp³-hybridized carbons (Fsp3) is 0.500. The van der Waals surface area contributed by atoms with Crippen molar-refractivity contribution in [2.75, 3.05) is 13.6 Å². The van der Waals surface area contributed by atoms with E-state index >= 15 is 0 Å². The summed E-state index contributed by atoms with van der Waals surface area (Å²) in [5.41, 5.74) is 0.376. The first kappa shape index (κ1) is 19.1. The summed E-state index contributed by atoms with van der Waals surface area (Å²) < 4.78 is 35.7. The average Bonchev–Trinajstić information content (AvgIpc) is 2.66. The maximum Gasteiger partial charge on any atom is 0.491 e. The number of nitrogens with two attached hydrogens (primary N) is 1. The second-order valence-electron chi connectivity index (χ2n) is 6.92. The minimum atomic E-state index is -3.81. The van der Waals surface area contributed by atoms with E-state index < -0.39 is 28.3 Å². The van der Waals surface area contributed by atoms with Gasteiger partial charge in [-0.2, -0.15) is 0 Å². The van der Waals surface area contributed by atoms with Gasteiger partial charge in [0.2, 0.25) is 10.0 Å². The van der Waals surface area contributed by atoms with Gasteiger partial charge in [0, 0.05) is 6.54 Å². The number of primary sulfonamides is 1. The van der Waals surface area contributed by atoms with Gasteiger partial charge in [0.15, 0.2) is 0 Å². The van der Waals surface area contributed by atoms with E-state index in [2.05, 4.69) is 5.32 Å². The number of benzene rings is 1. The van der Waals surface area contributed by atoms with Gasteiger partial charge in [-0.3, -0.25) is 0 Å². The van der Waals surface area contributed by atoms with Crippen LogP contribution in [0.15, 0.2) is 34.6 Å². The van der Waals surface area contributed by atoms with Crippen molar-refractivity contribution in [1.29, 1.82) is 0 Å². The predicted molar refractivity (Wildman–Crippen MR) is 95.8 cm³/mol. The van der Waals surface area contributed by atoms with Crippen molar-refractivity contribution in [2.24, 2.45) is 5.14 Å². The Morgan fingerprint density at radius 2 is 1.75 bits per heavy atom. The molecule has 0 spiro atoms. The highest BCUT2D eigenvalue weighted by atomic mass is 32.2. The molecule has 24 heavy (non-hydrogen) atoms. The number of rotatable bonds is 5. The molecule has 0 radical (unpaired) electrons. The lowest BCUT2D eigenvalue weighted by Gasteiger charge is -2.32. The van der Waals surface area contributed by atoms with Gasteiger partial charge < -0.3 is 14.6 Å². The Morgan fingerprint density at radius 1 is 1.21 bits per heavy atom. The smallest absolute Gasteiger partial charge is 0.400 e. The summed E-state index contributed by atoms with van der Waals surface area (Å²) in [4.78, 5) is 0.0788. The highest BCUT2D eigenvalue weighted by Gasteiger charge is 2.52. The van der Waals surface area contributed by atoms with Gasteiger partial charge >= 0.3 is 7.12 Å². The molecule has 1 saturated heterocycles. The zero-order valence-electron chi connectivity index (χ0n) is 14.8. The van der Waals surface area contributed by atoms with Gasteiger partial charge in [0.1, 0.15) is 0 Å². The topological polar surface area (TPSA) is 90.7 Å². The molecule has 0 bridgehead atoms. The summed E-state index contributed by atoms with van der Waals surface area (Å²) in [7, 11) is -2.56. The molecule has 1 heterocycles. The van der Waals surface area contributed by atoms with Crippen molar-refractivity contribution < 1.29 is 17.7 Å². The molecular formula is C16H25BN2O4S. The monoisotopic (exact) mass is 352 g/mol. The predicted octanol–water partition coefficient (Wildman–Crippen LogP) is 1.57. The van der Waals surface area contributed by atoms with Crippen molar-refractivity contribution in [3.63, 3.8) is 0 Å². The summed E-state index contributed by atoms with van der Waals surface area (Å²) in [6, 6.07) is 6.61. The van der Waals surface area contributed by atoms with E-state index in [1.54, 1.807) is 24.3 Å². The number of hydrogen-bond acceptors (Lipinski definition) is 5.